The summed E-state index contributed by atoms with van der Waals surface area (Å²) in [6.07, 6.45) is 5.71. The number of aliphatic hydroxyl groups is 1. The van der Waals surface area contributed by atoms with Crippen molar-refractivity contribution in [3.8, 4) is 0 Å². The molecule has 0 aromatic carbocycles. The second-order valence-corrected chi connectivity index (χ2v) is 3.74. The Hall–Kier alpha value is -0.0800. The summed E-state index contributed by atoms with van der Waals surface area (Å²) in [7, 11) is 0. The molecular formula is C11H25NO. The highest BCUT2D eigenvalue weighted by atomic mass is 16.2. The Balaban J connectivity index is 0.000000424. The molecule has 1 fully saturated rings. The van der Waals surface area contributed by atoms with E-state index in [0.29, 0.717) is 0 Å². The fraction of sp³-hybridized carbons (Fsp3) is 1.00. The molecule has 13 heavy (non-hydrogen) atoms. The fourth-order valence-electron chi connectivity index (χ4n) is 1.88. The van der Waals surface area contributed by atoms with Crippen LogP contribution in [-0.2, 0) is 0 Å². The zero-order valence-corrected chi connectivity index (χ0v) is 9.34. The molecule has 0 amide bonds. The van der Waals surface area contributed by atoms with Crippen LogP contribution in [0.4, 0.5) is 0 Å². The molecule has 0 heterocycles. The van der Waals surface area contributed by atoms with Crippen molar-refractivity contribution < 1.29 is 5.11 Å². The van der Waals surface area contributed by atoms with Gasteiger partial charge in [0.2, 0.25) is 0 Å². The van der Waals surface area contributed by atoms with Gasteiger partial charge in [-0.1, -0.05) is 26.7 Å². The first-order chi connectivity index (χ1) is 6.26. The Morgan fingerprint density at radius 2 is 1.77 bits per heavy atom. The van der Waals surface area contributed by atoms with E-state index in [1.807, 2.05) is 0 Å². The van der Waals surface area contributed by atoms with Gasteiger partial charge in [0.1, 0.15) is 0 Å². The minimum Gasteiger partial charge on any atom is -0.397 e. The van der Waals surface area contributed by atoms with Crippen LogP contribution in [0.3, 0.4) is 0 Å². The van der Waals surface area contributed by atoms with E-state index in [4.69, 9.17) is 5.11 Å². The summed E-state index contributed by atoms with van der Waals surface area (Å²) in [6, 6.07) is 0.818. The van der Waals surface area contributed by atoms with Crippen molar-refractivity contribution in [1.82, 2.24) is 5.32 Å². The third kappa shape index (κ3) is 6.05. The minimum atomic E-state index is 0.250. The van der Waals surface area contributed by atoms with E-state index in [0.717, 1.165) is 18.5 Å². The summed E-state index contributed by atoms with van der Waals surface area (Å²) in [5, 5.41) is 11.1. The van der Waals surface area contributed by atoms with Crippen molar-refractivity contribution in [1.29, 1.82) is 0 Å². The number of aliphatic hydroxyl groups excluding tert-OH is 1. The van der Waals surface area contributed by atoms with Gasteiger partial charge in [0.25, 0.3) is 0 Å². The van der Waals surface area contributed by atoms with Gasteiger partial charge < -0.3 is 10.4 Å². The van der Waals surface area contributed by atoms with E-state index in [1.165, 1.54) is 25.7 Å². The lowest BCUT2D eigenvalue weighted by atomic mass is 9.86. The van der Waals surface area contributed by atoms with Crippen LogP contribution in [0.25, 0.3) is 0 Å². The van der Waals surface area contributed by atoms with Crippen molar-refractivity contribution in [3.05, 3.63) is 0 Å². The van der Waals surface area contributed by atoms with Crippen molar-refractivity contribution in [3.63, 3.8) is 0 Å². The van der Waals surface area contributed by atoms with E-state index < -0.39 is 0 Å². The van der Waals surface area contributed by atoms with Gasteiger partial charge in [0.05, 0.1) is 0 Å². The van der Waals surface area contributed by atoms with E-state index in [1.54, 1.807) is 6.92 Å². The summed E-state index contributed by atoms with van der Waals surface area (Å²) < 4.78 is 0. The summed E-state index contributed by atoms with van der Waals surface area (Å²) in [6.45, 7) is 7.63. The normalized spacial score (nSPS) is 27.7. The van der Waals surface area contributed by atoms with Crippen LogP contribution in [0.15, 0.2) is 0 Å². The molecule has 0 aromatic rings. The Labute approximate surface area is 82.7 Å². The van der Waals surface area contributed by atoms with Crippen LogP contribution >= 0.6 is 0 Å². The van der Waals surface area contributed by atoms with Crippen molar-refractivity contribution in [2.24, 2.45) is 5.92 Å². The molecule has 80 valence electrons. The molecule has 2 unspecified atom stereocenters. The Bertz CT molecular complexity index is 104. The molecule has 1 saturated carbocycles. The quantitative estimate of drug-likeness (QED) is 0.694. The van der Waals surface area contributed by atoms with Crippen molar-refractivity contribution in [2.45, 2.75) is 52.5 Å². The van der Waals surface area contributed by atoms with Gasteiger partial charge in [-0.25, -0.2) is 0 Å². The molecule has 0 radical (unpaired) electrons. The van der Waals surface area contributed by atoms with Crippen LogP contribution in [0.1, 0.15) is 46.5 Å². The van der Waals surface area contributed by atoms with E-state index in [-0.39, 0.29) is 6.61 Å². The smallest absolute Gasteiger partial charge is 0.0402 e. The minimum absolute atomic E-state index is 0.250. The molecule has 2 heteroatoms. The summed E-state index contributed by atoms with van der Waals surface area (Å²) in [4.78, 5) is 0. The molecule has 1 aliphatic carbocycles. The molecule has 0 saturated heterocycles. The Morgan fingerprint density at radius 3 is 2.23 bits per heavy atom. The Morgan fingerprint density at radius 1 is 1.23 bits per heavy atom. The second kappa shape index (κ2) is 8.52. The summed E-state index contributed by atoms with van der Waals surface area (Å²) in [5.74, 6) is 0.911. The SMILES string of the molecule is CCNC1CCCCC1C.CCO. The molecule has 0 aliphatic heterocycles. The summed E-state index contributed by atoms with van der Waals surface area (Å²) in [5.41, 5.74) is 0. The lowest BCUT2D eigenvalue weighted by Crippen LogP contribution is -2.36. The van der Waals surface area contributed by atoms with Gasteiger partial charge in [-0.2, -0.15) is 0 Å². The maximum Gasteiger partial charge on any atom is 0.0402 e. The largest absolute Gasteiger partial charge is 0.397 e. The van der Waals surface area contributed by atoms with Crippen LogP contribution in [0.5, 0.6) is 0 Å². The molecule has 1 rings (SSSR count). The zero-order chi connectivity index (χ0) is 10.1. The highest BCUT2D eigenvalue weighted by molar-refractivity contribution is 4.77. The topological polar surface area (TPSA) is 32.3 Å². The first-order valence-corrected chi connectivity index (χ1v) is 5.60. The molecular weight excluding hydrogens is 162 g/mol. The number of nitrogens with one attached hydrogen (secondary N) is 1. The zero-order valence-electron chi connectivity index (χ0n) is 9.34. The molecule has 0 spiro atoms. The summed E-state index contributed by atoms with van der Waals surface area (Å²) >= 11 is 0. The van der Waals surface area contributed by atoms with Gasteiger partial charge in [-0.05, 0) is 32.2 Å². The van der Waals surface area contributed by atoms with Crippen LogP contribution < -0.4 is 5.32 Å². The van der Waals surface area contributed by atoms with E-state index in [9.17, 15) is 0 Å². The van der Waals surface area contributed by atoms with E-state index in [2.05, 4.69) is 19.2 Å². The monoisotopic (exact) mass is 187 g/mol. The highest BCUT2D eigenvalue weighted by Gasteiger charge is 2.19. The van der Waals surface area contributed by atoms with Crippen LogP contribution in [0, 0.1) is 5.92 Å². The molecule has 2 N–H and O–H groups in total. The van der Waals surface area contributed by atoms with Gasteiger partial charge in [0.15, 0.2) is 0 Å². The lowest BCUT2D eigenvalue weighted by molar-refractivity contribution is 0.285. The van der Waals surface area contributed by atoms with Crippen molar-refractivity contribution >= 4 is 0 Å². The van der Waals surface area contributed by atoms with Gasteiger partial charge in [0, 0.05) is 12.6 Å². The fourth-order valence-corrected chi connectivity index (χ4v) is 1.88. The maximum absolute atomic E-state index is 7.57. The highest BCUT2D eigenvalue weighted by Crippen LogP contribution is 2.23. The average molecular weight is 187 g/mol. The van der Waals surface area contributed by atoms with Crippen LogP contribution in [0.2, 0.25) is 0 Å². The molecule has 0 bridgehead atoms. The molecule has 2 atom stereocenters. The number of hydrogen-bond donors (Lipinski definition) is 2. The third-order valence-corrected chi connectivity index (χ3v) is 2.58. The molecule has 1 aliphatic rings. The van der Waals surface area contributed by atoms with Crippen molar-refractivity contribution in [2.75, 3.05) is 13.2 Å². The lowest BCUT2D eigenvalue weighted by Gasteiger charge is -2.29. The van der Waals surface area contributed by atoms with Gasteiger partial charge in [-0.15, -0.1) is 0 Å². The second-order valence-electron chi connectivity index (χ2n) is 3.74. The predicted octanol–water partition coefficient (Wildman–Crippen LogP) is 2.17. The third-order valence-electron chi connectivity index (χ3n) is 2.58. The first kappa shape index (κ1) is 12.9. The standard InChI is InChI=1S/C9H19N.C2H6O/c1-3-10-9-7-5-4-6-8(9)2;1-2-3/h8-10H,3-7H2,1-2H3;3H,2H2,1H3. The maximum atomic E-state index is 7.57. The van der Waals surface area contributed by atoms with Crippen LogP contribution in [-0.4, -0.2) is 24.3 Å². The van der Waals surface area contributed by atoms with Gasteiger partial charge in [-0.3, -0.25) is 0 Å². The predicted molar refractivity (Wildman–Crippen MR) is 57.9 cm³/mol. The van der Waals surface area contributed by atoms with E-state index >= 15 is 0 Å². The van der Waals surface area contributed by atoms with Gasteiger partial charge >= 0.3 is 0 Å². The number of hydrogen-bond acceptors (Lipinski definition) is 2. The molecule has 0 aromatic heterocycles. The Kier molecular flexibility index (Phi) is 8.46. The number of rotatable bonds is 2. The molecule has 2 nitrogen and oxygen atoms in total. The average Bonchev–Trinajstić information content (AvgIpc) is 2.11. The first-order valence-electron chi connectivity index (χ1n) is 5.60.